The number of aromatic nitrogens is 1. The number of piperidine rings is 1. The number of halogens is 3. The number of benzene rings is 1. The number of amides is 2. The van der Waals surface area contributed by atoms with Gasteiger partial charge in [-0.15, -0.1) is 0 Å². The minimum atomic E-state index is -0.272. The van der Waals surface area contributed by atoms with Crippen molar-refractivity contribution < 1.29 is 9.59 Å². The van der Waals surface area contributed by atoms with Crippen molar-refractivity contribution in [3.05, 3.63) is 60.7 Å². The Labute approximate surface area is 223 Å². The van der Waals surface area contributed by atoms with E-state index in [-0.39, 0.29) is 17.7 Å². The van der Waals surface area contributed by atoms with Crippen LogP contribution in [0.1, 0.15) is 73.2 Å². The van der Waals surface area contributed by atoms with Gasteiger partial charge in [0, 0.05) is 52.0 Å². The van der Waals surface area contributed by atoms with Gasteiger partial charge < -0.3 is 10.6 Å². The quantitative estimate of drug-likeness (QED) is 0.381. The molecule has 1 atom stereocenters. The van der Waals surface area contributed by atoms with E-state index in [4.69, 9.17) is 22.3 Å². The fourth-order valence-electron chi connectivity index (χ4n) is 5.42. The SMILES string of the molecule is NC(=O)CCCCCC(=O)N1CCC(C2c3ncc(Br)cc3CCc3cc(Cl)cc(Br)c32)CC1. The number of rotatable bonds is 7. The number of nitrogens with two attached hydrogens (primary N) is 1. The summed E-state index contributed by atoms with van der Waals surface area (Å²) in [5.41, 5.74) is 10.2. The third-order valence-electron chi connectivity index (χ3n) is 7.09. The topological polar surface area (TPSA) is 76.3 Å². The largest absolute Gasteiger partial charge is 0.370 e. The first-order valence-electron chi connectivity index (χ1n) is 12.0. The molecule has 1 saturated heterocycles. The Morgan fingerprint density at radius 1 is 1.03 bits per heavy atom. The molecule has 2 heterocycles. The van der Waals surface area contributed by atoms with Crippen LogP contribution >= 0.6 is 43.5 Å². The zero-order chi connectivity index (χ0) is 24.2. The number of carbonyl (C=O) groups is 2. The Kier molecular flexibility index (Phi) is 8.70. The highest BCUT2D eigenvalue weighted by Crippen LogP contribution is 2.46. The summed E-state index contributed by atoms with van der Waals surface area (Å²) in [4.78, 5) is 30.5. The summed E-state index contributed by atoms with van der Waals surface area (Å²) >= 11 is 13.8. The molecule has 1 aliphatic heterocycles. The second kappa shape index (κ2) is 11.5. The van der Waals surface area contributed by atoms with Crippen molar-refractivity contribution in [2.75, 3.05) is 13.1 Å². The molecule has 0 radical (unpaired) electrons. The molecule has 4 rings (SSSR count). The van der Waals surface area contributed by atoms with Crippen molar-refractivity contribution in [3.63, 3.8) is 0 Å². The molecule has 1 aromatic carbocycles. The van der Waals surface area contributed by atoms with Crippen molar-refractivity contribution in [1.29, 1.82) is 0 Å². The maximum Gasteiger partial charge on any atom is 0.222 e. The van der Waals surface area contributed by atoms with Crippen molar-refractivity contribution in [2.45, 2.75) is 63.7 Å². The van der Waals surface area contributed by atoms with Gasteiger partial charge in [-0.3, -0.25) is 14.6 Å². The van der Waals surface area contributed by atoms with Crippen LogP contribution in [-0.4, -0.2) is 34.8 Å². The van der Waals surface area contributed by atoms with E-state index < -0.39 is 0 Å². The predicted molar refractivity (Wildman–Crippen MR) is 142 cm³/mol. The number of hydrogen-bond acceptors (Lipinski definition) is 3. The lowest BCUT2D eigenvalue weighted by Crippen LogP contribution is -2.40. The zero-order valence-corrected chi connectivity index (χ0v) is 23.1. The van der Waals surface area contributed by atoms with Gasteiger partial charge in [-0.1, -0.05) is 34.0 Å². The number of fused-ring (bicyclic) bond motifs is 2. The third-order valence-corrected chi connectivity index (χ3v) is 8.40. The minimum Gasteiger partial charge on any atom is -0.370 e. The van der Waals surface area contributed by atoms with Gasteiger partial charge in [0.2, 0.25) is 11.8 Å². The lowest BCUT2D eigenvalue weighted by molar-refractivity contribution is -0.132. The van der Waals surface area contributed by atoms with Crippen molar-refractivity contribution in [2.24, 2.45) is 11.7 Å². The highest BCUT2D eigenvalue weighted by atomic mass is 79.9. The lowest BCUT2D eigenvalue weighted by atomic mass is 9.76. The van der Waals surface area contributed by atoms with E-state index in [1.165, 1.54) is 16.7 Å². The molecule has 0 bridgehead atoms. The summed E-state index contributed by atoms with van der Waals surface area (Å²) < 4.78 is 2.05. The van der Waals surface area contributed by atoms with Crippen LogP contribution in [-0.2, 0) is 22.4 Å². The molecule has 1 aromatic heterocycles. The lowest BCUT2D eigenvalue weighted by Gasteiger charge is -2.37. The summed E-state index contributed by atoms with van der Waals surface area (Å²) in [6.07, 6.45) is 9.03. The number of pyridine rings is 1. The smallest absolute Gasteiger partial charge is 0.222 e. The fourth-order valence-corrected chi connectivity index (χ4v) is 6.92. The van der Waals surface area contributed by atoms with E-state index in [0.717, 1.165) is 77.7 Å². The minimum absolute atomic E-state index is 0.179. The second-order valence-electron chi connectivity index (χ2n) is 9.38. The fraction of sp³-hybridized carbons (Fsp3) is 0.500. The van der Waals surface area contributed by atoms with E-state index in [0.29, 0.717) is 18.8 Å². The zero-order valence-electron chi connectivity index (χ0n) is 19.2. The first-order valence-corrected chi connectivity index (χ1v) is 14.0. The van der Waals surface area contributed by atoms with Gasteiger partial charge in [-0.2, -0.15) is 0 Å². The van der Waals surface area contributed by atoms with Crippen LogP contribution in [0.2, 0.25) is 5.02 Å². The molecule has 1 aliphatic carbocycles. The van der Waals surface area contributed by atoms with E-state index in [2.05, 4.69) is 44.0 Å². The maximum atomic E-state index is 12.8. The Morgan fingerprint density at radius 2 is 1.74 bits per heavy atom. The number of hydrogen-bond donors (Lipinski definition) is 1. The summed E-state index contributed by atoms with van der Waals surface area (Å²) in [7, 11) is 0. The van der Waals surface area contributed by atoms with E-state index >= 15 is 0 Å². The average molecular weight is 612 g/mol. The monoisotopic (exact) mass is 609 g/mol. The van der Waals surface area contributed by atoms with Gasteiger partial charge in [0.25, 0.3) is 0 Å². The van der Waals surface area contributed by atoms with Gasteiger partial charge in [-0.25, -0.2) is 0 Å². The normalized spacial score (nSPS) is 18.2. The maximum absolute atomic E-state index is 12.8. The van der Waals surface area contributed by atoms with Gasteiger partial charge in [0.15, 0.2) is 0 Å². The molecule has 2 amide bonds. The average Bonchev–Trinajstić information content (AvgIpc) is 2.95. The highest BCUT2D eigenvalue weighted by Gasteiger charge is 2.36. The molecular weight excluding hydrogens is 582 g/mol. The van der Waals surface area contributed by atoms with Gasteiger partial charge >= 0.3 is 0 Å². The molecule has 2 aliphatic rings. The van der Waals surface area contributed by atoms with E-state index in [9.17, 15) is 9.59 Å². The number of likely N-dealkylation sites (tertiary alicyclic amines) is 1. The molecule has 182 valence electrons. The Balaban J connectivity index is 1.48. The Bertz CT molecular complexity index is 1070. The van der Waals surface area contributed by atoms with E-state index in [1.54, 1.807) is 0 Å². The molecule has 2 aromatic rings. The molecule has 1 fully saturated rings. The van der Waals surface area contributed by atoms with Crippen LogP contribution in [0.25, 0.3) is 0 Å². The van der Waals surface area contributed by atoms with Crippen LogP contribution in [0.3, 0.4) is 0 Å². The van der Waals surface area contributed by atoms with Gasteiger partial charge in [-0.05, 0) is 95.3 Å². The number of unbranched alkanes of at least 4 members (excludes halogenated alkanes) is 2. The standard InChI is InChI=1S/C26H30Br2ClN3O2/c27-19-12-18-7-6-17-13-20(29)14-21(28)24(17)25(26(18)31-15-19)16-8-10-32(11-9-16)23(34)5-3-1-2-4-22(30)33/h12-16,25H,1-11H2,(H2,30,33). The predicted octanol–water partition coefficient (Wildman–Crippen LogP) is 6.16. The van der Waals surface area contributed by atoms with Gasteiger partial charge in [0.1, 0.15) is 0 Å². The Hall–Kier alpha value is -1.44. The number of carbonyl (C=O) groups excluding carboxylic acids is 2. The molecule has 2 N–H and O–H groups in total. The molecule has 34 heavy (non-hydrogen) atoms. The van der Waals surface area contributed by atoms with Crippen LogP contribution in [0, 0.1) is 5.92 Å². The Morgan fingerprint density at radius 3 is 2.47 bits per heavy atom. The summed E-state index contributed by atoms with van der Waals surface area (Å²) in [5, 5.41) is 0.751. The number of nitrogens with zero attached hydrogens (tertiary/aromatic N) is 2. The summed E-state index contributed by atoms with van der Waals surface area (Å²) in [6, 6.07) is 6.30. The second-order valence-corrected chi connectivity index (χ2v) is 11.6. The van der Waals surface area contributed by atoms with E-state index in [1.807, 2.05) is 17.2 Å². The van der Waals surface area contributed by atoms with Crippen molar-refractivity contribution in [3.8, 4) is 0 Å². The van der Waals surface area contributed by atoms with Crippen LogP contribution < -0.4 is 5.73 Å². The van der Waals surface area contributed by atoms with Crippen LogP contribution in [0.4, 0.5) is 0 Å². The first-order chi connectivity index (χ1) is 16.3. The van der Waals surface area contributed by atoms with Crippen LogP contribution in [0.5, 0.6) is 0 Å². The first kappa shape index (κ1) is 25.6. The van der Waals surface area contributed by atoms with Crippen molar-refractivity contribution >= 4 is 55.3 Å². The van der Waals surface area contributed by atoms with Crippen LogP contribution in [0.15, 0.2) is 33.3 Å². The van der Waals surface area contributed by atoms with Gasteiger partial charge in [0.05, 0.1) is 5.69 Å². The summed E-state index contributed by atoms with van der Waals surface area (Å²) in [5.74, 6) is 0.527. The summed E-state index contributed by atoms with van der Waals surface area (Å²) in [6.45, 7) is 1.54. The highest BCUT2D eigenvalue weighted by molar-refractivity contribution is 9.10. The molecular formula is C26H30Br2ClN3O2. The van der Waals surface area contributed by atoms with Crippen molar-refractivity contribution in [1.82, 2.24) is 9.88 Å². The molecule has 0 saturated carbocycles. The molecule has 8 heteroatoms. The third kappa shape index (κ3) is 6.03. The molecule has 1 unspecified atom stereocenters. The molecule has 0 spiro atoms. The number of aryl methyl sites for hydroxylation is 2. The number of primary amides is 1. The molecule has 5 nitrogen and oxygen atoms in total.